The van der Waals surface area contributed by atoms with Gasteiger partial charge in [0.15, 0.2) is 5.78 Å². The Labute approximate surface area is 115 Å². The first kappa shape index (κ1) is 14.0. The summed E-state index contributed by atoms with van der Waals surface area (Å²) in [6, 6.07) is 8.03. The van der Waals surface area contributed by atoms with Crippen LogP contribution in [0.1, 0.15) is 16.8 Å². The molecule has 19 heavy (non-hydrogen) atoms. The molecule has 0 aromatic heterocycles. The number of ketones is 1. The second-order valence-electron chi connectivity index (χ2n) is 5.26. The minimum absolute atomic E-state index is 0.223. The van der Waals surface area contributed by atoms with Crippen molar-refractivity contribution in [3.63, 3.8) is 0 Å². The SMILES string of the molecule is CN(C)CCC(=O)c1ccc(N2CCNCC2)cc1. The van der Waals surface area contributed by atoms with Crippen molar-refractivity contribution in [2.24, 2.45) is 0 Å². The Balaban J connectivity index is 1.95. The number of anilines is 1. The lowest BCUT2D eigenvalue weighted by atomic mass is 10.1. The van der Waals surface area contributed by atoms with Gasteiger partial charge in [-0.2, -0.15) is 0 Å². The highest BCUT2D eigenvalue weighted by Gasteiger charge is 2.11. The van der Waals surface area contributed by atoms with Crippen LogP contribution in [0.2, 0.25) is 0 Å². The number of rotatable bonds is 5. The molecule has 0 amide bonds. The highest BCUT2D eigenvalue weighted by molar-refractivity contribution is 5.96. The molecule has 0 spiro atoms. The molecule has 1 heterocycles. The van der Waals surface area contributed by atoms with Crippen molar-refractivity contribution in [3.8, 4) is 0 Å². The second-order valence-corrected chi connectivity index (χ2v) is 5.26. The average Bonchev–Trinajstić information content (AvgIpc) is 2.46. The molecule has 0 radical (unpaired) electrons. The zero-order valence-corrected chi connectivity index (χ0v) is 11.9. The number of carbonyl (C=O) groups excluding carboxylic acids is 1. The summed E-state index contributed by atoms with van der Waals surface area (Å²) in [5.41, 5.74) is 2.03. The van der Waals surface area contributed by atoms with E-state index in [1.165, 1.54) is 5.69 Å². The minimum Gasteiger partial charge on any atom is -0.369 e. The van der Waals surface area contributed by atoms with Gasteiger partial charge in [0.2, 0.25) is 0 Å². The van der Waals surface area contributed by atoms with Crippen LogP contribution in [0.15, 0.2) is 24.3 Å². The van der Waals surface area contributed by atoms with Crippen LogP contribution in [0, 0.1) is 0 Å². The lowest BCUT2D eigenvalue weighted by Crippen LogP contribution is -2.43. The van der Waals surface area contributed by atoms with Crippen LogP contribution in [0.25, 0.3) is 0 Å². The monoisotopic (exact) mass is 261 g/mol. The molecule has 0 saturated carbocycles. The summed E-state index contributed by atoms with van der Waals surface area (Å²) in [7, 11) is 3.97. The molecule has 1 fully saturated rings. The molecule has 1 N–H and O–H groups in total. The van der Waals surface area contributed by atoms with Crippen LogP contribution in [0.3, 0.4) is 0 Å². The van der Waals surface area contributed by atoms with Crippen LogP contribution >= 0.6 is 0 Å². The van der Waals surface area contributed by atoms with Crippen molar-refractivity contribution in [3.05, 3.63) is 29.8 Å². The van der Waals surface area contributed by atoms with Gasteiger partial charge in [0.05, 0.1) is 0 Å². The summed E-state index contributed by atoms with van der Waals surface area (Å²) in [6.07, 6.45) is 0.583. The largest absolute Gasteiger partial charge is 0.369 e. The summed E-state index contributed by atoms with van der Waals surface area (Å²) < 4.78 is 0. The van der Waals surface area contributed by atoms with E-state index < -0.39 is 0 Å². The first-order valence-corrected chi connectivity index (χ1v) is 6.90. The Hall–Kier alpha value is -1.39. The fraction of sp³-hybridized carbons (Fsp3) is 0.533. The van der Waals surface area contributed by atoms with Gasteiger partial charge in [0.25, 0.3) is 0 Å². The summed E-state index contributed by atoms with van der Waals surface area (Å²) in [4.78, 5) is 16.4. The zero-order valence-electron chi connectivity index (χ0n) is 11.9. The van der Waals surface area contributed by atoms with Gasteiger partial charge in [-0.25, -0.2) is 0 Å². The van der Waals surface area contributed by atoms with E-state index in [0.717, 1.165) is 38.3 Å². The molecule has 4 nitrogen and oxygen atoms in total. The van der Waals surface area contributed by atoms with Crippen LogP contribution in [0.4, 0.5) is 5.69 Å². The fourth-order valence-electron chi connectivity index (χ4n) is 2.25. The van der Waals surface area contributed by atoms with Crippen LogP contribution < -0.4 is 10.2 Å². The lowest BCUT2D eigenvalue weighted by Gasteiger charge is -2.29. The van der Waals surface area contributed by atoms with Gasteiger partial charge in [-0.05, 0) is 38.4 Å². The minimum atomic E-state index is 0.223. The average molecular weight is 261 g/mol. The molecule has 0 bridgehead atoms. The first-order valence-electron chi connectivity index (χ1n) is 6.90. The highest BCUT2D eigenvalue weighted by Crippen LogP contribution is 2.16. The summed E-state index contributed by atoms with van der Waals surface area (Å²) in [5, 5.41) is 3.34. The van der Waals surface area contributed by atoms with Gasteiger partial charge < -0.3 is 15.1 Å². The number of nitrogens with one attached hydrogen (secondary N) is 1. The zero-order chi connectivity index (χ0) is 13.7. The fourth-order valence-corrected chi connectivity index (χ4v) is 2.25. The predicted molar refractivity (Wildman–Crippen MR) is 79.0 cm³/mol. The maximum atomic E-state index is 12.0. The maximum absolute atomic E-state index is 12.0. The van der Waals surface area contributed by atoms with Crippen LogP contribution in [-0.2, 0) is 0 Å². The quantitative estimate of drug-likeness (QED) is 0.809. The molecule has 1 aromatic carbocycles. The van der Waals surface area contributed by atoms with Crippen molar-refractivity contribution in [2.75, 3.05) is 51.7 Å². The molecule has 2 rings (SSSR count). The van der Waals surface area contributed by atoms with E-state index in [-0.39, 0.29) is 5.78 Å². The number of piperazine rings is 1. The van der Waals surface area contributed by atoms with E-state index in [2.05, 4.69) is 22.3 Å². The van der Waals surface area contributed by atoms with Crippen molar-refractivity contribution >= 4 is 11.5 Å². The van der Waals surface area contributed by atoms with Gasteiger partial charge in [-0.1, -0.05) is 0 Å². The Bertz CT molecular complexity index is 408. The third kappa shape index (κ3) is 4.04. The van der Waals surface area contributed by atoms with Gasteiger partial charge in [0, 0.05) is 50.4 Å². The topological polar surface area (TPSA) is 35.6 Å². The van der Waals surface area contributed by atoms with Crippen molar-refractivity contribution < 1.29 is 4.79 Å². The highest BCUT2D eigenvalue weighted by atomic mass is 16.1. The second kappa shape index (κ2) is 6.68. The summed E-state index contributed by atoms with van der Waals surface area (Å²) in [5.74, 6) is 0.223. The third-order valence-electron chi connectivity index (χ3n) is 3.46. The van der Waals surface area contributed by atoms with Gasteiger partial charge in [-0.3, -0.25) is 4.79 Å². The van der Waals surface area contributed by atoms with E-state index >= 15 is 0 Å². The van der Waals surface area contributed by atoms with Gasteiger partial charge in [0.1, 0.15) is 0 Å². The molecule has 0 aliphatic carbocycles. The normalized spacial score (nSPS) is 15.8. The molecule has 1 aliphatic heterocycles. The number of benzene rings is 1. The molecule has 0 unspecified atom stereocenters. The van der Waals surface area contributed by atoms with Gasteiger partial charge in [-0.15, -0.1) is 0 Å². The lowest BCUT2D eigenvalue weighted by molar-refractivity contribution is 0.0972. The molecule has 1 aliphatic rings. The molecule has 1 saturated heterocycles. The van der Waals surface area contributed by atoms with Crippen molar-refractivity contribution in [2.45, 2.75) is 6.42 Å². The smallest absolute Gasteiger partial charge is 0.164 e. The van der Waals surface area contributed by atoms with Crippen LogP contribution in [0.5, 0.6) is 0 Å². The number of hydrogen-bond acceptors (Lipinski definition) is 4. The predicted octanol–water partition coefficient (Wildman–Crippen LogP) is 1.23. The van der Waals surface area contributed by atoms with Crippen LogP contribution in [-0.4, -0.2) is 57.5 Å². The Morgan fingerprint density at radius 3 is 2.42 bits per heavy atom. The first-order chi connectivity index (χ1) is 9.16. The third-order valence-corrected chi connectivity index (χ3v) is 3.46. The summed E-state index contributed by atoms with van der Waals surface area (Å²) in [6.45, 7) is 4.94. The molecule has 0 atom stereocenters. The van der Waals surface area contributed by atoms with E-state index in [1.54, 1.807) is 0 Å². The molecular weight excluding hydrogens is 238 g/mol. The Kier molecular flexibility index (Phi) is 4.93. The Morgan fingerprint density at radius 1 is 1.21 bits per heavy atom. The van der Waals surface area contributed by atoms with Gasteiger partial charge >= 0.3 is 0 Å². The Morgan fingerprint density at radius 2 is 1.84 bits per heavy atom. The molecule has 4 heteroatoms. The van der Waals surface area contributed by atoms with E-state index in [1.807, 2.05) is 31.1 Å². The number of hydrogen-bond donors (Lipinski definition) is 1. The number of Topliss-reactive ketones (excluding diaryl/α,β-unsaturated/α-hetero) is 1. The van der Waals surface area contributed by atoms with Crippen molar-refractivity contribution in [1.29, 1.82) is 0 Å². The van der Waals surface area contributed by atoms with E-state index in [4.69, 9.17) is 0 Å². The molecule has 1 aromatic rings. The maximum Gasteiger partial charge on any atom is 0.164 e. The van der Waals surface area contributed by atoms with E-state index in [0.29, 0.717) is 6.42 Å². The molecular formula is C15H23N3O. The summed E-state index contributed by atoms with van der Waals surface area (Å²) >= 11 is 0. The van der Waals surface area contributed by atoms with E-state index in [9.17, 15) is 4.79 Å². The standard InChI is InChI=1S/C15H23N3O/c1-17(2)10-7-15(19)13-3-5-14(6-4-13)18-11-8-16-9-12-18/h3-6,16H,7-12H2,1-2H3. The number of carbonyl (C=O) groups is 1. The molecule has 104 valence electrons. The number of nitrogens with zero attached hydrogens (tertiary/aromatic N) is 2. The van der Waals surface area contributed by atoms with Crippen molar-refractivity contribution in [1.82, 2.24) is 10.2 Å².